The Kier molecular flexibility index (Phi) is 6.73. The zero-order valence-corrected chi connectivity index (χ0v) is 21.6. The number of hydrogen-bond acceptors (Lipinski definition) is 3. The molecule has 0 spiro atoms. The number of aromatic nitrogens is 2. The minimum atomic E-state index is -1.03. The molecule has 0 aliphatic carbocycles. The number of aromatic carboxylic acids is 1. The number of rotatable bonds is 7. The van der Waals surface area contributed by atoms with E-state index >= 15 is 4.39 Å². The first-order valence-corrected chi connectivity index (χ1v) is 12.9. The van der Waals surface area contributed by atoms with Crippen LogP contribution in [0.1, 0.15) is 37.5 Å². The molecule has 0 unspecified atom stereocenters. The van der Waals surface area contributed by atoms with E-state index in [1.807, 2.05) is 18.2 Å². The van der Waals surface area contributed by atoms with E-state index in [1.54, 1.807) is 65.5 Å². The molecule has 6 nitrogen and oxygen atoms in total. The lowest BCUT2D eigenvalue weighted by atomic mass is 10.00. The number of amides is 1. The number of carboxylic acids is 1. The van der Waals surface area contributed by atoms with Crippen LogP contribution in [0.25, 0.3) is 27.4 Å². The third-order valence-electron chi connectivity index (χ3n) is 7.08. The van der Waals surface area contributed by atoms with Crippen molar-refractivity contribution in [1.82, 2.24) is 14.7 Å². The lowest BCUT2D eigenvalue weighted by Crippen LogP contribution is -2.23. The average Bonchev–Trinajstić information content (AvgIpc) is 3.40. The van der Waals surface area contributed by atoms with E-state index in [9.17, 15) is 14.0 Å². The second-order valence-corrected chi connectivity index (χ2v) is 9.72. The Morgan fingerprint density at radius 3 is 2.39 bits per heavy atom. The molecule has 6 rings (SSSR count). The second-order valence-electron chi connectivity index (χ2n) is 9.72. The van der Waals surface area contributed by atoms with Crippen molar-refractivity contribution in [3.63, 3.8) is 0 Å². The van der Waals surface area contributed by atoms with Crippen LogP contribution in [0.2, 0.25) is 0 Å². The Labute approximate surface area is 233 Å². The highest BCUT2D eigenvalue weighted by molar-refractivity contribution is 6.02. The fraction of sp³-hybridized carbons (Fsp3) is 0.0606. The van der Waals surface area contributed by atoms with Gasteiger partial charge < -0.3 is 14.8 Å². The summed E-state index contributed by atoms with van der Waals surface area (Å²) in [5, 5.41) is 13.3. The van der Waals surface area contributed by atoms with Crippen LogP contribution in [-0.2, 0) is 13.0 Å². The van der Waals surface area contributed by atoms with Crippen molar-refractivity contribution >= 4 is 28.2 Å². The van der Waals surface area contributed by atoms with Crippen LogP contribution in [0.3, 0.4) is 0 Å². The number of fused-ring (bicyclic) bond motifs is 2. The molecule has 202 valence electrons. The standard InChI is InChI=1S/C33H23F2N3O3/c34-26-13-11-21(12-14-26)25-15-28(32(39)36-17-20-5-7-23(8-6-20)33(40)41)31-29(37-19-38(31)18-25)16-24-10-9-22-3-1-2-4-27(22)30(24)35/h1-15,18-19H,16-17H2,(H,36,39)(H,40,41). The first-order valence-electron chi connectivity index (χ1n) is 12.9. The molecule has 8 heteroatoms. The first kappa shape index (κ1) is 25.9. The number of benzene rings is 4. The van der Waals surface area contributed by atoms with Gasteiger partial charge in [-0.25, -0.2) is 18.6 Å². The SMILES string of the molecule is O=C(O)c1ccc(CNC(=O)c2cc(-c3ccc(F)cc3)cn3cnc(Cc4ccc5ccccc5c4F)c23)cc1. The summed E-state index contributed by atoms with van der Waals surface area (Å²) >= 11 is 0. The summed E-state index contributed by atoms with van der Waals surface area (Å²) in [6.45, 7) is 0.161. The van der Waals surface area contributed by atoms with Gasteiger partial charge in [-0.3, -0.25) is 4.79 Å². The van der Waals surface area contributed by atoms with Crippen LogP contribution in [0.5, 0.6) is 0 Å². The minimum absolute atomic E-state index is 0.151. The van der Waals surface area contributed by atoms with Crippen molar-refractivity contribution in [2.75, 3.05) is 0 Å². The van der Waals surface area contributed by atoms with Crippen molar-refractivity contribution in [1.29, 1.82) is 0 Å². The largest absolute Gasteiger partial charge is 0.478 e. The molecule has 1 amide bonds. The van der Waals surface area contributed by atoms with E-state index in [0.29, 0.717) is 38.9 Å². The van der Waals surface area contributed by atoms with Gasteiger partial charge in [0.1, 0.15) is 11.6 Å². The van der Waals surface area contributed by atoms with Crippen LogP contribution in [0, 0.1) is 11.6 Å². The summed E-state index contributed by atoms with van der Waals surface area (Å²) in [5.41, 5.74) is 4.10. The molecular weight excluding hydrogens is 524 g/mol. The zero-order chi connectivity index (χ0) is 28.5. The fourth-order valence-electron chi connectivity index (χ4n) is 4.94. The summed E-state index contributed by atoms with van der Waals surface area (Å²) in [6, 6.07) is 24.7. The lowest BCUT2D eigenvalue weighted by molar-refractivity contribution is 0.0696. The molecule has 0 bridgehead atoms. The zero-order valence-electron chi connectivity index (χ0n) is 21.6. The quantitative estimate of drug-likeness (QED) is 0.234. The maximum Gasteiger partial charge on any atom is 0.335 e. The number of nitrogens with zero attached hydrogens (tertiary/aromatic N) is 2. The average molecular weight is 548 g/mol. The molecule has 2 heterocycles. The maximum absolute atomic E-state index is 15.4. The van der Waals surface area contributed by atoms with Gasteiger partial charge >= 0.3 is 5.97 Å². The predicted molar refractivity (Wildman–Crippen MR) is 152 cm³/mol. The molecule has 4 aromatic carbocycles. The van der Waals surface area contributed by atoms with E-state index in [2.05, 4.69) is 10.3 Å². The molecule has 0 saturated carbocycles. The van der Waals surface area contributed by atoms with Gasteiger partial charge in [0.25, 0.3) is 5.91 Å². The third-order valence-corrected chi connectivity index (χ3v) is 7.08. The van der Waals surface area contributed by atoms with Gasteiger partial charge in [-0.2, -0.15) is 0 Å². The van der Waals surface area contributed by atoms with Gasteiger partial charge in [-0.15, -0.1) is 0 Å². The molecule has 0 aliphatic rings. The molecule has 0 fully saturated rings. The van der Waals surface area contributed by atoms with Crippen LogP contribution in [0.15, 0.2) is 104 Å². The fourth-order valence-corrected chi connectivity index (χ4v) is 4.94. The number of carbonyl (C=O) groups is 2. The Morgan fingerprint density at radius 2 is 1.63 bits per heavy atom. The predicted octanol–water partition coefficient (Wildman–Crippen LogP) is 6.65. The Hall–Kier alpha value is -5.37. The van der Waals surface area contributed by atoms with Crippen molar-refractivity contribution in [3.05, 3.63) is 143 Å². The van der Waals surface area contributed by atoms with Crippen LogP contribution in [-0.4, -0.2) is 26.4 Å². The molecule has 2 aromatic heterocycles. The van der Waals surface area contributed by atoms with Crippen molar-refractivity contribution in [3.8, 4) is 11.1 Å². The van der Waals surface area contributed by atoms with Crippen LogP contribution in [0.4, 0.5) is 8.78 Å². The molecular formula is C33H23F2N3O3. The first-order chi connectivity index (χ1) is 19.9. The molecule has 0 radical (unpaired) electrons. The highest BCUT2D eigenvalue weighted by atomic mass is 19.1. The van der Waals surface area contributed by atoms with Crippen molar-refractivity contribution in [2.45, 2.75) is 13.0 Å². The van der Waals surface area contributed by atoms with Crippen LogP contribution >= 0.6 is 0 Å². The topological polar surface area (TPSA) is 83.7 Å². The van der Waals surface area contributed by atoms with Gasteiger partial charge in [0.05, 0.1) is 28.7 Å². The number of carboxylic acid groups (broad SMARTS) is 1. The second kappa shape index (κ2) is 10.7. The minimum Gasteiger partial charge on any atom is -0.478 e. The Balaban J connectivity index is 1.39. The van der Waals surface area contributed by atoms with Crippen molar-refractivity contribution < 1.29 is 23.5 Å². The van der Waals surface area contributed by atoms with Gasteiger partial charge in [-0.1, -0.05) is 60.7 Å². The molecule has 0 atom stereocenters. The third kappa shape index (κ3) is 5.15. The maximum atomic E-state index is 15.4. The number of nitrogens with one attached hydrogen (secondary N) is 1. The molecule has 2 N–H and O–H groups in total. The molecule has 6 aromatic rings. The number of hydrogen-bond donors (Lipinski definition) is 2. The summed E-state index contributed by atoms with van der Waals surface area (Å²) in [6.07, 6.45) is 3.55. The van der Waals surface area contributed by atoms with Gasteiger partial charge in [-0.05, 0) is 58.0 Å². The number of imidazole rings is 1. The van der Waals surface area contributed by atoms with Crippen molar-refractivity contribution in [2.24, 2.45) is 0 Å². The monoisotopic (exact) mass is 547 g/mol. The Bertz CT molecular complexity index is 1930. The normalized spacial score (nSPS) is 11.2. The molecule has 0 saturated heterocycles. The van der Waals surface area contributed by atoms with E-state index in [1.165, 1.54) is 24.3 Å². The smallest absolute Gasteiger partial charge is 0.335 e. The highest BCUT2D eigenvalue weighted by Crippen LogP contribution is 2.28. The summed E-state index contributed by atoms with van der Waals surface area (Å²) in [4.78, 5) is 29.3. The summed E-state index contributed by atoms with van der Waals surface area (Å²) in [5.74, 6) is -2.12. The number of carbonyl (C=O) groups excluding carboxylic acids is 1. The summed E-state index contributed by atoms with van der Waals surface area (Å²) < 4.78 is 30.8. The molecule has 41 heavy (non-hydrogen) atoms. The van der Waals surface area contributed by atoms with E-state index in [0.717, 1.165) is 10.9 Å². The van der Waals surface area contributed by atoms with Gasteiger partial charge in [0, 0.05) is 24.5 Å². The Morgan fingerprint density at radius 1 is 0.878 bits per heavy atom. The van der Waals surface area contributed by atoms with E-state index in [4.69, 9.17) is 5.11 Å². The number of halogens is 2. The number of pyridine rings is 1. The highest BCUT2D eigenvalue weighted by Gasteiger charge is 2.19. The van der Waals surface area contributed by atoms with Gasteiger partial charge in [0.2, 0.25) is 0 Å². The lowest BCUT2D eigenvalue weighted by Gasteiger charge is -2.12. The molecule has 0 aliphatic heterocycles. The van der Waals surface area contributed by atoms with Gasteiger partial charge in [0.15, 0.2) is 0 Å². The van der Waals surface area contributed by atoms with E-state index < -0.39 is 5.97 Å². The van der Waals surface area contributed by atoms with E-state index in [-0.39, 0.29) is 36.1 Å². The van der Waals surface area contributed by atoms with Crippen LogP contribution < -0.4 is 5.32 Å². The summed E-state index contributed by atoms with van der Waals surface area (Å²) in [7, 11) is 0.